The summed E-state index contributed by atoms with van der Waals surface area (Å²) in [5, 5.41) is 11.4. The number of carbonyl (C=O) groups excluding carboxylic acids is 1. The number of nitrogens with one attached hydrogen (secondary N) is 1. The third kappa shape index (κ3) is 1.99. The highest BCUT2D eigenvalue weighted by Crippen LogP contribution is 2.40. The van der Waals surface area contributed by atoms with E-state index >= 15 is 0 Å². The first kappa shape index (κ1) is 10.0. The van der Waals surface area contributed by atoms with Gasteiger partial charge in [-0.15, -0.1) is 0 Å². The van der Waals surface area contributed by atoms with E-state index in [9.17, 15) is 9.59 Å². The molecule has 1 fully saturated rings. The third-order valence-corrected chi connectivity index (χ3v) is 2.86. The molecule has 0 aromatic rings. The van der Waals surface area contributed by atoms with Crippen LogP contribution in [0, 0.1) is 5.92 Å². The van der Waals surface area contributed by atoms with Crippen LogP contribution in [0.25, 0.3) is 0 Å². The maximum Gasteiger partial charge on any atom is 0.305 e. The van der Waals surface area contributed by atoms with E-state index in [0.29, 0.717) is 0 Å². The molecule has 0 bridgehead atoms. The van der Waals surface area contributed by atoms with Crippen LogP contribution >= 0.6 is 0 Å². The van der Waals surface area contributed by atoms with E-state index in [4.69, 9.17) is 5.11 Å². The number of hydrogen-bond donors (Lipinski definition) is 2. The van der Waals surface area contributed by atoms with Gasteiger partial charge in [-0.05, 0) is 18.8 Å². The number of carboxylic acid groups (broad SMARTS) is 1. The molecule has 1 rings (SSSR count). The van der Waals surface area contributed by atoms with Gasteiger partial charge in [0, 0.05) is 6.92 Å². The van der Waals surface area contributed by atoms with Crippen molar-refractivity contribution in [1.29, 1.82) is 0 Å². The quantitative estimate of drug-likeness (QED) is 0.682. The van der Waals surface area contributed by atoms with Gasteiger partial charge >= 0.3 is 5.97 Å². The second-order valence-electron chi connectivity index (χ2n) is 3.85. The van der Waals surface area contributed by atoms with Crippen molar-refractivity contribution >= 4 is 11.9 Å². The van der Waals surface area contributed by atoms with Crippen LogP contribution in [0.3, 0.4) is 0 Å². The van der Waals surface area contributed by atoms with Crippen molar-refractivity contribution in [3.63, 3.8) is 0 Å². The second-order valence-corrected chi connectivity index (χ2v) is 3.85. The molecule has 1 amide bonds. The Labute approximate surface area is 77.3 Å². The lowest BCUT2D eigenvalue weighted by Crippen LogP contribution is -2.59. The second kappa shape index (κ2) is 3.36. The molecule has 0 aliphatic heterocycles. The molecule has 13 heavy (non-hydrogen) atoms. The molecule has 0 radical (unpaired) electrons. The van der Waals surface area contributed by atoms with Gasteiger partial charge in [-0.1, -0.05) is 6.92 Å². The Kier molecular flexibility index (Phi) is 2.59. The lowest BCUT2D eigenvalue weighted by atomic mass is 9.65. The van der Waals surface area contributed by atoms with Gasteiger partial charge in [-0.25, -0.2) is 0 Å². The number of carbonyl (C=O) groups is 2. The SMILES string of the molecule is CC(=O)NC1(CC(=O)O)CCC1C. The normalized spacial score (nSPS) is 32.0. The van der Waals surface area contributed by atoms with E-state index in [0.717, 1.165) is 12.8 Å². The molecule has 4 heteroatoms. The molecule has 1 saturated carbocycles. The zero-order valence-electron chi connectivity index (χ0n) is 7.96. The molecular formula is C9H15NO3. The predicted octanol–water partition coefficient (Wildman–Crippen LogP) is 0.766. The van der Waals surface area contributed by atoms with E-state index in [-0.39, 0.29) is 18.2 Å². The van der Waals surface area contributed by atoms with Gasteiger partial charge < -0.3 is 10.4 Å². The van der Waals surface area contributed by atoms with Crippen molar-refractivity contribution in [2.24, 2.45) is 5.92 Å². The average molecular weight is 185 g/mol. The van der Waals surface area contributed by atoms with Crippen LogP contribution in [0.5, 0.6) is 0 Å². The number of aliphatic carboxylic acids is 1. The molecule has 2 atom stereocenters. The summed E-state index contributed by atoms with van der Waals surface area (Å²) in [7, 11) is 0. The van der Waals surface area contributed by atoms with Crippen molar-refractivity contribution in [2.75, 3.05) is 0 Å². The van der Waals surface area contributed by atoms with Crippen LogP contribution in [0.15, 0.2) is 0 Å². The fourth-order valence-electron chi connectivity index (χ4n) is 1.89. The fraction of sp³-hybridized carbons (Fsp3) is 0.778. The number of amides is 1. The number of hydrogen-bond acceptors (Lipinski definition) is 2. The van der Waals surface area contributed by atoms with E-state index in [1.54, 1.807) is 0 Å². The molecule has 0 saturated heterocycles. The van der Waals surface area contributed by atoms with Gasteiger partial charge in [0.1, 0.15) is 0 Å². The van der Waals surface area contributed by atoms with Gasteiger partial charge in [0.15, 0.2) is 0 Å². The molecule has 2 N–H and O–H groups in total. The van der Waals surface area contributed by atoms with Gasteiger partial charge in [0.05, 0.1) is 12.0 Å². The summed E-state index contributed by atoms with van der Waals surface area (Å²) in [5.74, 6) is -0.722. The minimum Gasteiger partial charge on any atom is -0.481 e. The maximum absolute atomic E-state index is 10.9. The molecule has 1 aliphatic carbocycles. The minimum atomic E-state index is -0.847. The van der Waals surface area contributed by atoms with Gasteiger partial charge in [-0.3, -0.25) is 9.59 Å². The van der Waals surface area contributed by atoms with Crippen molar-refractivity contribution in [3.05, 3.63) is 0 Å². The Bertz CT molecular complexity index is 221. The number of carboxylic acids is 1. The molecule has 74 valence electrons. The van der Waals surface area contributed by atoms with Gasteiger partial charge in [0.25, 0.3) is 0 Å². The summed E-state index contributed by atoms with van der Waals surface area (Å²) in [4.78, 5) is 21.5. The summed E-state index contributed by atoms with van der Waals surface area (Å²) in [6.07, 6.45) is 1.81. The Morgan fingerprint density at radius 3 is 2.46 bits per heavy atom. The van der Waals surface area contributed by atoms with E-state index in [2.05, 4.69) is 5.32 Å². The first-order valence-electron chi connectivity index (χ1n) is 4.47. The van der Waals surface area contributed by atoms with Crippen LogP contribution in [-0.4, -0.2) is 22.5 Å². The first-order chi connectivity index (χ1) is 5.96. The van der Waals surface area contributed by atoms with E-state index in [1.807, 2.05) is 6.92 Å². The zero-order valence-corrected chi connectivity index (χ0v) is 7.96. The summed E-state index contributed by atoms with van der Waals surface area (Å²) in [6.45, 7) is 3.40. The highest BCUT2D eigenvalue weighted by atomic mass is 16.4. The van der Waals surface area contributed by atoms with Crippen LogP contribution in [0.1, 0.15) is 33.1 Å². The van der Waals surface area contributed by atoms with Gasteiger partial charge in [-0.2, -0.15) is 0 Å². The van der Waals surface area contributed by atoms with Crippen LogP contribution in [-0.2, 0) is 9.59 Å². The minimum absolute atomic E-state index is 0.0355. The largest absolute Gasteiger partial charge is 0.481 e. The smallest absolute Gasteiger partial charge is 0.305 e. The molecule has 2 unspecified atom stereocenters. The van der Waals surface area contributed by atoms with Crippen molar-refractivity contribution in [2.45, 2.75) is 38.6 Å². The van der Waals surface area contributed by atoms with Crippen molar-refractivity contribution in [3.8, 4) is 0 Å². The number of rotatable bonds is 3. The summed E-state index contributed by atoms with van der Waals surface area (Å²) >= 11 is 0. The van der Waals surface area contributed by atoms with Crippen molar-refractivity contribution in [1.82, 2.24) is 5.32 Å². The molecule has 0 aromatic carbocycles. The van der Waals surface area contributed by atoms with Gasteiger partial charge in [0.2, 0.25) is 5.91 Å². The molecule has 0 heterocycles. The third-order valence-electron chi connectivity index (χ3n) is 2.86. The van der Waals surface area contributed by atoms with E-state index in [1.165, 1.54) is 6.92 Å². The lowest BCUT2D eigenvalue weighted by Gasteiger charge is -2.47. The Morgan fingerprint density at radius 2 is 2.23 bits per heavy atom. The highest BCUT2D eigenvalue weighted by molar-refractivity contribution is 5.76. The van der Waals surface area contributed by atoms with Crippen molar-refractivity contribution < 1.29 is 14.7 Å². The van der Waals surface area contributed by atoms with Crippen LogP contribution < -0.4 is 5.32 Å². The summed E-state index contributed by atoms with van der Waals surface area (Å²) < 4.78 is 0. The summed E-state index contributed by atoms with van der Waals surface area (Å²) in [5.41, 5.74) is -0.475. The first-order valence-corrected chi connectivity index (χ1v) is 4.47. The molecule has 4 nitrogen and oxygen atoms in total. The topological polar surface area (TPSA) is 66.4 Å². The standard InChI is InChI=1S/C9H15NO3/c1-6-3-4-9(6,5-8(12)13)10-7(2)11/h6H,3-5H2,1-2H3,(H,10,11)(H,12,13). The fourth-order valence-corrected chi connectivity index (χ4v) is 1.89. The zero-order chi connectivity index (χ0) is 10.1. The Hall–Kier alpha value is -1.06. The van der Waals surface area contributed by atoms with E-state index < -0.39 is 11.5 Å². The monoisotopic (exact) mass is 185 g/mol. The Balaban J connectivity index is 2.64. The lowest BCUT2D eigenvalue weighted by molar-refractivity contribution is -0.141. The molecule has 1 aliphatic rings. The summed E-state index contributed by atoms with van der Waals surface area (Å²) in [6, 6.07) is 0. The average Bonchev–Trinajstić information content (AvgIpc) is 1.99. The van der Waals surface area contributed by atoms with Crippen LogP contribution in [0.2, 0.25) is 0 Å². The molecule has 0 spiro atoms. The van der Waals surface area contributed by atoms with Crippen LogP contribution in [0.4, 0.5) is 0 Å². The molecular weight excluding hydrogens is 170 g/mol. The predicted molar refractivity (Wildman–Crippen MR) is 47.2 cm³/mol. The molecule has 0 aromatic heterocycles. The Morgan fingerprint density at radius 1 is 1.62 bits per heavy atom. The highest BCUT2D eigenvalue weighted by Gasteiger charge is 2.46. The maximum atomic E-state index is 10.9.